The van der Waals surface area contributed by atoms with E-state index in [9.17, 15) is 0 Å². The summed E-state index contributed by atoms with van der Waals surface area (Å²) in [5.74, 6) is 0. The van der Waals surface area contributed by atoms with E-state index < -0.39 is 0 Å². The molecule has 0 unspecified atom stereocenters. The monoisotopic (exact) mass is 293 g/mol. The lowest BCUT2D eigenvalue weighted by atomic mass is 10.2. The van der Waals surface area contributed by atoms with Gasteiger partial charge >= 0.3 is 0 Å². The van der Waals surface area contributed by atoms with Crippen LogP contribution in [0.15, 0.2) is 40.7 Å². The van der Waals surface area contributed by atoms with Crippen LogP contribution in [0, 0.1) is 6.92 Å². The van der Waals surface area contributed by atoms with Gasteiger partial charge in [0.1, 0.15) is 4.60 Å². The second kappa shape index (κ2) is 6.35. The van der Waals surface area contributed by atoms with Crippen molar-refractivity contribution < 1.29 is 0 Å². The Hall–Kier alpha value is -1.42. The molecule has 3 nitrogen and oxygen atoms in total. The van der Waals surface area contributed by atoms with Gasteiger partial charge in [-0.1, -0.05) is 12.7 Å². The number of pyridine rings is 1. The molecule has 0 N–H and O–H groups in total. The lowest BCUT2D eigenvalue weighted by molar-refractivity contribution is 0.439. The maximum Gasteiger partial charge on any atom is 0.109 e. The fourth-order valence-corrected chi connectivity index (χ4v) is 1.44. The van der Waals surface area contributed by atoms with E-state index in [4.69, 9.17) is 0 Å². The van der Waals surface area contributed by atoms with Crippen LogP contribution in [-0.2, 0) is 0 Å². The summed E-state index contributed by atoms with van der Waals surface area (Å²) in [5.41, 5.74) is 2.96. The zero-order valence-electron chi connectivity index (χ0n) is 10.3. The molecular weight excluding hydrogens is 278 g/mol. The highest BCUT2D eigenvalue weighted by atomic mass is 79.9. The molecule has 90 valence electrons. The van der Waals surface area contributed by atoms with Crippen molar-refractivity contribution in [3.63, 3.8) is 0 Å². The highest BCUT2D eigenvalue weighted by molar-refractivity contribution is 9.10. The number of aromatic nitrogens is 1. The number of hydrogen-bond donors (Lipinski definition) is 0. The molecule has 1 heterocycles. The van der Waals surface area contributed by atoms with Gasteiger partial charge in [-0.25, -0.2) is 4.98 Å². The normalized spacial score (nSPS) is 11.9. The van der Waals surface area contributed by atoms with Crippen LogP contribution < -0.4 is 0 Å². The molecule has 0 radical (unpaired) electrons. The van der Waals surface area contributed by atoms with Crippen LogP contribution >= 0.6 is 15.9 Å². The molecule has 0 bridgehead atoms. The van der Waals surface area contributed by atoms with Crippen LogP contribution in [0.4, 0.5) is 0 Å². The number of nitrogens with zero attached hydrogens (tertiary/aromatic N) is 3. The molecule has 0 amide bonds. The zero-order chi connectivity index (χ0) is 12.8. The predicted molar refractivity (Wildman–Crippen MR) is 77.0 cm³/mol. The second-order valence-corrected chi connectivity index (χ2v) is 4.54. The molecule has 0 aliphatic rings. The van der Waals surface area contributed by atoms with Gasteiger partial charge < -0.3 is 5.01 Å². The Morgan fingerprint density at radius 3 is 2.76 bits per heavy atom. The SMILES string of the molecule is C=CC(/C=C/c1cnc(Br)c(C)c1)=N\N(C)C. The number of hydrazone groups is 1. The largest absolute Gasteiger partial charge is 0.303 e. The van der Waals surface area contributed by atoms with E-state index in [0.717, 1.165) is 21.4 Å². The van der Waals surface area contributed by atoms with Crippen molar-refractivity contribution in [3.05, 3.63) is 46.7 Å². The third-order valence-corrected chi connectivity index (χ3v) is 2.84. The maximum atomic E-state index is 4.27. The van der Waals surface area contributed by atoms with E-state index in [1.165, 1.54) is 0 Å². The first-order chi connectivity index (χ1) is 8.02. The van der Waals surface area contributed by atoms with Crippen molar-refractivity contribution in [2.24, 2.45) is 5.10 Å². The van der Waals surface area contributed by atoms with Crippen molar-refractivity contribution in [3.8, 4) is 0 Å². The zero-order valence-corrected chi connectivity index (χ0v) is 11.9. The van der Waals surface area contributed by atoms with Crippen LogP contribution in [0.3, 0.4) is 0 Å². The molecule has 0 atom stereocenters. The van der Waals surface area contributed by atoms with Gasteiger partial charge in [0, 0.05) is 20.3 Å². The van der Waals surface area contributed by atoms with Gasteiger partial charge in [0.05, 0.1) is 5.71 Å². The fourth-order valence-electron chi connectivity index (χ4n) is 1.23. The van der Waals surface area contributed by atoms with Crippen molar-refractivity contribution in [1.82, 2.24) is 9.99 Å². The van der Waals surface area contributed by atoms with Crippen molar-refractivity contribution in [1.29, 1.82) is 0 Å². The third-order valence-electron chi connectivity index (χ3n) is 2.01. The molecule has 0 saturated heterocycles. The quantitative estimate of drug-likeness (QED) is 0.484. The molecule has 1 aromatic heterocycles. The number of allylic oxidation sites excluding steroid dienone is 2. The summed E-state index contributed by atoms with van der Waals surface area (Å²) >= 11 is 3.37. The Morgan fingerprint density at radius 1 is 1.53 bits per heavy atom. The molecule has 0 aliphatic carbocycles. The predicted octanol–water partition coefficient (Wildman–Crippen LogP) is 3.27. The standard InChI is InChI=1S/C13H16BrN3/c1-5-12(16-17(3)4)7-6-11-8-10(2)13(14)15-9-11/h5-9H,1H2,2-4H3/b7-6+,16-12+. The Bertz CT molecular complexity index is 462. The topological polar surface area (TPSA) is 28.5 Å². The van der Waals surface area contributed by atoms with Crippen LogP contribution in [0.2, 0.25) is 0 Å². The van der Waals surface area contributed by atoms with Gasteiger partial charge in [-0.05, 0) is 52.2 Å². The van der Waals surface area contributed by atoms with Crippen LogP contribution in [-0.4, -0.2) is 29.8 Å². The molecular formula is C13H16BrN3. The molecule has 1 aromatic rings. The van der Waals surface area contributed by atoms with Gasteiger partial charge in [-0.3, -0.25) is 0 Å². The molecule has 17 heavy (non-hydrogen) atoms. The smallest absolute Gasteiger partial charge is 0.109 e. The first-order valence-electron chi connectivity index (χ1n) is 5.21. The summed E-state index contributed by atoms with van der Waals surface area (Å²) in [6.07, 6.45) is 7.41. The Morgan fingerprint density at radius 2 is 2.24 bits per heavy atom. The summed E-state index contributed by atoms with van der Waals surface area (Å²) in [4.78, 5) is 4.23. The summed E-state index contributed by atoms with van der Waals surface area (Å²) in [6.45, 7) is 5.74. The summed E-state index contributed by atoms with van der Waals surface area (Å²) < 4.78 is 0.876. The fraction of sp³-hybridized carbons (Fsp3) is 0.231. The Balaban J connectivity index is 2.89. The number of aryl methyl sites for hydroxylation is 1. The molecule has 0 saturated carbocycles. The number of rotatable bonds is 4. The van der Waals surface area contributed by atoms with Gasteiger partial charge in [0.2, 0.25) is 0 Å². The van der Waals surface area contributed by atoms with Crippen LogP contribution in [0.1, 0.15) is 11.1 Å². The van der Waals surface area contributed by atoms with Crippen LogP contribution in [0.25, 0.3) is 6.08 Å². The highest BCUT2D eigenvalue weighted by Gasteiger charge is 1.96. The average Bonchev–Trinajstić information content (AvgIpc) is 2.28. The molecule has 4 heteroatoms. The van der Waals surface area contributed by atoms with Gasteiger partial charge in [-0.2, -0.15) is 5.10 Å². The molecule has 0 fully saturated rings. The van der Waals surface area contributed by atoms with E-state index in [0.29, 0.717) is 0 Å². The molecule has 0 aromatic carbocycles. The lowest BCUT2D eigenvalue weighted by Gasteiger charge is -2.04. The summed E-state index contributed by atoms with van der Waals surface area (Å²) in [5, 5.41) is 6.01. The van der Waals surface area contributed by atoms with E-state index in [-0.39, 0.29) is 0 Å². The number of halogens is 1. The first-order valence-corrected chi connectivity index (χ1v) is 6.01. The maximum absolute atomic E-state index is 4.27. The van der Waals surface area contributed by atoms with Crippen LogP contribution in [0.5, 0.6) is 0 Å². The summed E-state index contributed by atoms with van der Waals surface area (Å²) in [6, 6.07) is 2.06. The van der Waals surface area contributed by atoms with E-state index >= 15 is 0 Å². The highest BCUT2D eigenvalue weighted by Crippen LogP contribution is 2.14. The second-order valence-electron chi connectivity index (χ2n) is 3.79. The minimum atomic E-state index is 0.815. The van der Waals surface area contributed by atoms with E-state index in [2.05, 4.69) is 38.7 Å². The van der Waals surface area contributed by atoms with Gasteiger partial charge in [0.25, 0.3) is 0 Å². The molecule has 0 aliphatic heterocycles. The first kappa shape index (κ1) is 13.6. The Labute approximate surface area is 111 Å². The van der Waals surface area contributed by atoms with Gasteiger partial charge in [0.15, 0.2) is 0 Å². The average molecular weight is 294 g/mol. The van der Waals surface area contributed by atoms with E-state index in [1.54, 1.807) is 11.1 Å². The minimum absolute atomic E-state index is 0.815. The lowest BCUT2D eigenvalue weighted by Crippen LogP contribution is -2.05. The van der Waals surface area contributed by atoms with Crippen molar-refractivity contribution in [2.45, 2.75) is 6.92 Å². The van der Waals surface area contributed by atoms with Crippen molar-refractivity contribution in [2.75, 3.05) is 14.1 Å². The summed E-state index contributed by atoms with van der Waals surface area (Å²) in [7, 11) is 3.76. The molecule has 1 rings (SSSR count). The number of hydrogen-bond acceptors (Lipinski definition) is 3. The minimum Gasteiger partial charge on any atom is -0.303 e. The third kappa shape index (κ3) is 4.53. The van der Waals surface area contributed by atoms with Crippen molar-refractivity contribution >= 4 is 27.7 Å². The van der Waals surface area contributed by atoms with E-state index in [1.807, 2.05) is 39.4 Å². The Kier molecular flexibility index (Phi) is 5.10. The molecule has 0 spiro atoms. The van der Waals surface area contributed by atoms with Gasteiger partial charge in [-0.15, -0.1) is 0 Å².